The molecule has 1 heterocycles. The number of hydrogen-bond donors (Lipinski definition) is 2. The zero-order valence-electron chi connectivity index (χ0n) is 13.9. The van der Waals surface area contributed by atoms with E-state index >= 15 is 0 Å². The first kappa shape index (κ1) is 17.1. The summed E-state index contributed by atoms with van der Waals surface area (Å²) in [6.45, 7) is 0.666. The van der Waals surface area contributed by atoms with Crippen LogP contribution in [0.1, 0.15) is 17.2 Å². The molecule has 0 saturated heterocycles. The van der Waals surface area contributed by atoms with Gasteiger partial charge in [0, 0.05) is 5.56 Å². The van der Waals surface area contributed by atoms with E-state index in [-0.39, 0.29) is 0 Å². The molecule has 0 radical (unpaired) electrons. The Hall–Kier alpha value is -2.74. The second-order valence-corrected chi connectivity index (χ2v) is 5.63. The fourth-order valence-electron chi connectivity index (χ4n) is 2.52. The lowest BCUT2D eigenvalue weighted by molar-refractivity contribution is 0.124. The third-order valence-corrected chi connectivity index (χ3v) is 3.88. The molecular formula is C18H20N4O3. The van der Waals surface area contributed by atoms with Gasteiger partial charge in [-0.15, -0.1) is 5.10 Å². The molecule has 0 amide bonds. The van der Waals surface area contributed by atoms with Crippen molar-refractivity contribution in [3.63, 3.8) is 0 Å². The van der Waals surface area contributed by atoms with Gasteiger partial charge in [0.1, 0.15) is 11.4 Å². The molecule has 0 aliphatic carbocycles. The van der Waals surface area contributed by atoms with Crippen molar-refractivity contribution in [3.05, 3.63) is 65.9 Å². The fraction of sp³-hybridized carbons (Fsp3) is 0.222. The van der Waals surface area contributed by atoms with Gasteiger partial charge in [0.25, 0.3) is 0 Å². The van der Waals surface area contributed by atoms with Gasteiger partial charge in [-0.25, -0.2) is 10.6 Å². The molecule has 1 atom stereocenters. The summed E-state index contributed by atoms with van der Waals surface area (Å²) in [6.07, 6.45) is 1.10. The second-order valence-electron chi connectivity index (χ2n) is 5.63. The lowest BCUT2D eigenvalue weighted by Crippen LogP contribution is -2.09. The van der Waals surface area contributed by atoms with Crippen LogP contribution >= 0.6 is 0 Å². The van der Waals surface area contributed by atoms with Crippen molar-refractivity contribution in [1.29, 1.82) is 0 Å². The molecule has 0 aliphatic rings. The Bertz CT molecular complexity index is 817. The first-order valence-electron chi connectivity index (χ1n) is 7.82. The smallest absolute Gasteiger partial charge is 0.119 e. The molecule has 25 heavy (non-hydrogen) atoms. The molecule has 0 saturated carbocycles. The Morgan fingerprint density at radius 1 is 1.20 bits per heavy atom. The van der Waals surface area contributed by atoms with E-state index in [1.165, 1.54) is 0 Å². The van der Waals surface area contributed by atoms with E-state index in [9.17, 15) is 5.11 Å². The Labute approximate surface area is 145 Å². The molecule has 0 fully saturated rings. The van der Waals surface area contributed by atoms with E-state index in [4.69, 9.17) is 10.6 Å². The maximum Gasteiger partial charge on any atom is 0.119 e. The number of aliphatic hydroxyl groups is 1. The van der Waals surface area contributed by atoms with Gasteiger partial charge in [0.05, 0.1) is 32.6 Å². The molecule has 3 N–H and O–H groups in total. The fourth-order valence-corrected chi connectivity index (χ4v) is 2.52. The second kappa shape index (κ2) is 7.89. The third kappa shape index (κ3) is 4.21. The Morgan fingerprint density at radius 3 is 2.72 bits per heavy atom. The van der Waals surface area contributed by atoms with Crippen molar-refractivity contribution >= 4 is 0 Å². The van der Waals surface area contributed by atoms with E-state index in [0.717, 1.165) is 22.4 Å². The summed E-state index contributed by atoms with van der Waals surface area (Å²) in [7, 11) is 1.60. The molecule has 0 unspecified atom stereocenters. The number of hydrogen-bond acceptors (Lipinski definition) is 6. The van der Waals surface area contributed by atoms with Crippen LogP contribution in [0.15, 0.2) is 54.7 Å². The van der Waals surface area contributed by atoms with Crippen LogP contribution in [0.5, 0.6) is 5.75 Å². The molecule has 1 aromatic heterocycles. The highest BCUT2D eigenvalue weighted by Gasteiger charge is 2.12. The molecule has 3 aromatic rings. The SMILES string of the molecule is COc1cccc([C@H](O)Cn2cc(-c3ccc(CON)cc3)nn2)c1. The molecule has 0 spiro atoms. The van der Waals surface area contributed by atoms with Crippen LogP contribution < -0.4 is 10.6 Å². The van der Waals surface area contributed by atoms with E-state index in [1.807, 2.05) is 42.5 Å². The minimum absolute atomic E-state index is 0.305. The number of ether oxygens (including phenoxy) is 1. The van der Waals surface area contributed by atoms with Crippen LogP contribution in [0.4, 0.5) is 0 Å². The van der Waals surface area contributed by atoms with Gasteiger partial charge in [-0.3, -0.25) is 4.84 Å². The lowest BCUT2D eigenvalue weighted by Gasteiger charge is -2.11. The average Bonchev–Trinajstić information content (AvgIpc) is 3.11. The van der Waals surface area contributed by atoms with Gasteiger partial charge in [-0.2, -0.15) is 0 Å². The normalized spacial score (nSPS) is 12.1. The van der Waals surface area contributed by atoms with Gasteiger partial charge in [-0.05, 0) is 23.3 Å². The van der Waals surface area contributed by atoms with Crippen molar-refractivity contribution < 1.29 is 14.7 Å². The summed E-state index contributed by atoms with van der Waals surface area (Å²) in [5, 5.41) is 18.7. The molecule has 130 valence electrons. The predicted molar refractivity (Wildman–Crippen MR) is 92.4 cm³/mol. The maximum atomic E-state index is 10.4. The topological polar surface area (TPSA) is 95.4 Å². The summed E-state index contributed by atoms with van der Waals surface area (Å²) in [5.74, 6) is 5.77. The quantitative estimate of drug-likeness (QED) is 0.639. The highest BCUT2D eigenvalue weighted by Crippen LogP contribution is 2.21. The van der Waals surface area contributed by atoms with Crippen molar-refractivity contribution in [2.24, 2.45) is 5.90 Å². The van der Waals surface area contributed by atoms with E-state index in [0.29, 0.717) is 18.9 Å². The minimum atomic E-state index is -0.700. The van der Waals surface area contributed by atoms with Crippen LogP contribution in [0.2, 0.25) is 0 Å². The van der Waals surface area contributed by atoms with Gasteiger partial charge >= 0.3 is 0 Å². The monoisotopic (exact) mass is 340 g/mol. The van der Waals surface area contributed by atoms with Crippen molar-refractivity contribution in [2.75, 3.05) is 7.11 Å². The zero-order chi connectivity index (χ0) is 17.6. The largest absolute Gasteiger partial charge is 0.497 e. The summed E-state index contributed by atoms with van der Waals surface area (Å²) in [4.78, 5) is 4.61. The molecule has 3 rings (SSSR count). The molecule has 0 bridgehead atoms. The minimum Gasteiger partial charge on any atom is -0.497 e. The molecule has 2 aromatic carbocycles. The first-order chi connectivity index (χ1) is 12.2. The van der Waals surface area contributed by atoms with Crippen LogP contribution in [0, 0.1) is 0 Å². The average molecular weight is 340 g/mol. The number of nitrogens with zero attached hydrogens (tertiary/aromatic N) is 3. The lowest BCUT2D eigenvalue weighted by atomic mass is 10.1. The molecule has 7 heteroatoms. The van der Waals surface area contributed by atoms with E-state index in [2.05, 4.69) is 15.1 Å². The number of benzene rings is 2. The zero-order valence-corrected chi connectivity index (χ0v) is 13.9. The number of rotatable bonds is 7. The van der Waals surface area contributed by atoms with Crippen molar-refractivity contribution in [3.8, 4) is 17.0 Å². The standard InChI is InChI=1S/C18H20N4O3/c1-24-16-4-2-3-15(9-16)18(23)11-22-10-17(20-21-22)14-7-5-13(6-8-14)12-25-19/h2-10,18,23H,11-12,19H2,1H3/t18-/m1/s1. The van der Waals surface area contributed by atoms with Crippen LogP contribution in [0.25, 0.3) is 11.3 Å². The highest BCUT2D eigenvalue weighted by atomic mass is 16.6. The Morgan fingerprint density at radius 2 is 2.00 bits per heavy atom. The summed E-state index contributed by atoms with van der Waals surface area (Å²) in [6, 6.07) is 15.0. The van der Waals surface area contributed by atoms with Gasteiger partial charge < -0.3 is 9.84 Å². The molecular weight excluding hydrogens is 320 g/mol. The summed E-state index contributed by atoms with van der Waals surface area (Å²) >= 11 is 0. The summed E-state index contributed by atoms with van der Waals surface area (Å²) < 4.78 is 6.80. The Kier molecular flexibility index (Phi) is 5.39. The van der Waals surface area contributed by atoms with Crippen molar-refractivity contribution in [2.45, 2.75) is 19.3 Å². The molecule has 0 aliphatic heterocycles. The van der Waals surface area contributed by atoms with Crippen LogP contribution in [-0.2, 0) is 18.0 Å². The Balaban J connectivity index is 1.70. The first-order valence-corrected chi connectivity index (χ1v) is 7.82. The number of nitrogens with two attached hydrogens (primary N) is 1. The van der Waals surface area contributed by atoms with Crippen LogP contribution in [-0.4, -0.2) is 27.2 Å². The number of aliphatic hydroxyl groups excluding tert-OH is 1. The van der Waals surface area contributed by atoms with E-state index < -0.39 is 6.10 Å². The van der Waals surface area contributed by atoms with Gasteiger partial charge in [0.15, 0.2) is 0 Å². The third-order valence-electron chi connectivity index (χ3n) is 3.88. The van der Waals surface area contributed by atoms with E-state index in [1.54, 1.807) is 24.1 Å². The molecule has 7 nitrogen and oxygen atoms in total. The van der Waals surface area contributed by atoms with Crippen LogP contribution in [0.3, 0.4) is 0 Å². The number of aromatic nitrogens is 3. The maximum absolute atomic E-state index is 10.4. The predicted octanol–water partition coefficient (Wildman–Crippen LogP) is 2.08. The number of methoxy groups -OCH3 is 1. The van der Waals surface area contributed by atoms with Gasteiger partial charge in [0.2, 0.25) is 0 Å². The van der Waals surface area contributed by atoms with Gasteiger partial charge in [-0.1, -0.05) is 41.6 Å². The highest BCUT2D eigenvalue weighted by molar-refractivity contribution is 5.57. The summed E-state index contributed by atoms with van der Waals surface area (Å²) in [5.41, 5.74) is 3.41. The van der Waals surface area contributed by atoms with Crippen molar-refractivity contribution in [1.82, 2.24) is 15.0 Å².